The van der Waals surface area contributed by atoms with Crippen molar-refractivity contribution in [2.24, 2.45) is 16.4 Å². The lowest BCUT2D eigenvalue weighted by Crippen LogP contribution is -2.37. The molecule has 1 aliphatic carbocycles. The molecule has 0 bridgehead atoms. The van der Waals surface area contributed by atoms with Crippen molar-refractivity contribution < 1.29 is 4.79 Å². The largest absolute Gasteiger partial charge is 0.356 e. The molecule has 1 saturated carbocycles. The van der Waals surface area contributed by atoms with Crippen molar-refractivity contribution in [1.82, 2.24) is 5.32 Å². The Balaban J connectivity index is 2.37. The maximum atomic E-state index is 11.8. The van der Waals surface area contributed by atoms with Gasteiger partial charge in [-0.2, -0.15) is 0 Å². The maximum Gasteiger partial charge on any atom is 0.223 e. The van der Waals surface area contributed by atoms with E-state index < -0.39 is 0 Å². The monoisotopic (exact) mass is 210 g/mol. The zero-order valence-corrected chi connectivity index (χ0v) is 9.36. The minimum Gasteiger partial charge on any atom is -0.356 e. The molecule has 0 aromatic heterocycles. The molecule has 1 rings (SSSR count). The number of azide groups is 1. The molecule has 1 aliphatic rings. The molecule has 1 fully saturated rings. The average molecular weight is 210 g/mol. The molecule has 1 amide bonds. The molecule has 0 aromatic carbocycles. The van der Waals surface area contributed by atoms with Gasteiger partial charge < -0.3 is 5.32 Å². The second-order valence-corrected chi connectivity index (χ2v) is 4.68. The highest BCUT2D eigenvalue weighted by atomic mass is 16.1. The van der Waals surface area contributed by atoms with Crippen LogP contribution >= 0.6 is 0 Å². The van der Waals surface area contributed by atoms with Crippen molar-refractivity contribution >= 4 is 5.91 Å². The van der Waals surface area contributed by atoms with E-state index >= 15 is 0 Å². The standard InChI is InChI=1S/C10H18N4O/c1-10(2)5-3-4-8(10)9(15)12-6-7-13-14-11/h8H,3-7H2,1-2H3,(H,12,15). The maximum absolute atomic E-state index is 11.8. The van der Waals surface area contributed by atoms with Crippen molar-refractivity contribution in [2.45, 2.75) is 33.1 Å². The van der Waals surface area contributed by atoms with Crippen molar-refractivity contribution in [3.05, 3.63) is 10.4 Å². The number of hydrogen-bond acceptors (Lipinski definition) is 2. The number of amides is 1. The predicted molar refractivity (Wildman–Crippen MR) is 58.1 cm³/mol. The van der Waals surface area contributed by atoms with Crippen LogP contribution in [0, 0.1) is 11.3 Å². The smallest absolute Gasteiger partial charge is 0.223 e. The molecule has 84 valence electrons. The third-order valence-electron chi connectivity index (χ3n) is 3.15. The number of hydrogen-bond donors (Lipinski definition) is 1. The van der Waals surface area contributed by atoms with Crippen LogP contribution in [0.25, 0.3) is 10.4 Å². The van der Waals surface area contributed by atoms with E-state index in [1.54, 1.807) is 0 Å². The third kappa shape index (κ3) is 3.13. The SMILES string of the molecule is CC1(C)CCCC1C(=O)NCCN=[N+]=[N-]. The molecule has 1 unspecified atom stereocenters. The molecule has 1 N–H and O–H groups in total. The normalized spacial score (nSPS) is 23.2. The van der Waals surface area contributed by atoms with E-state index in [9.17, 15) is 4.79 Å². The van der Waals surface area contributed by atoms with E-state index in [4.69, 9.17) is 5.53 Å². The van der Waals surface area contributed by atoms with Gasteiger partial charge in [-0.15, -0.1) is 0 Å². The average Bonchev–Trinajstić information content (AvgIpc) is 2.52. The second-order valence-electron chi connectivity index (χ2n) is 4.68. The quantitative estimate of drug-likeness (QED) is 0.328. The summed E-state index contributed by atoms with van der Waals surface area (Å²) in [6.07, 6.45) is 3.21. The lowest BCUT2D eigenvalue weighted by atomic mass is 9.81. The number of carbonyl (C=O) groups excluding carboxylic acids is 1. The first-order valence-corrected chi connectivity index (χ1v) is 5.36. The first-order valence-electron chi connectivity index (χ1n) is 5.36. The molecule has 0 aliphatic heterocycles. The fourth-order valence-corrected chi connectivity index (χ4v) is 2.21. The van der Waals surface area contributed by atoms with Crippen molar-refractivity contribution in [1.29, 1.82) is 0 Å². The van der Waals surface area contributed by atoms with Gasteiger partial charge in [0.05, 0.1) is 0 Å². The number of rotatable bonds is 4. The molecular weight excluding hydrogens is 192 g/mol. The topological polar surface area (TPSA) is 77.9 Å². The van der Waals surface area contributed by atoms with E-state index in [0.29, 0.717) is 13.1 Å². The molecule has 0 saturated heterocycles. The van der Waals surface area contributed by atoms with Gasteiger partial charge in [0, 0.05) is 23.9 Å². The van der Waals surface area contributed by atoms with Gasteiger partial charge in [-0.3, -0.25) is 4.79 Å². The lowest BCUT2D eigenvalue weighted by Gasteiger charge is -2.25. The number of nitrogens with zero attached hydrogens (tertiary/aromatic N) is 3. The Kier molecular flexibility index (Phi) is 3.97. The van der Waals surface area contributed by atoms with E-state index in [2.05, 4.69) is 29.2 Å². The Morgan fingerprint density at radius 1 is 1.67 bits per heavy atom. The predicted octanol–water partition coefficient (Wildman–Crippen LogP) is 2.24. The highest BCUT2D eigenvalue weighted by Crippen LogP contribution is 2.42. The van der Waals surface area contributed by atoms with Crippen LogP contribution in [0.1, 0.15) is 33.1 Å². The van der Waals surface area contributed by atoms with Gasteiger partial charge in [-0.25, -0.2) is 0 Å². The van der Waals surface area contributed by atoms with Gasteiger partial charge in [-0.05, 0) is 23.8 Å². The fraction of sp³-hybridized carbons (Fsp3) is 0.900. The second kappa shape index (κ2) is 5.03. The summed E-state index contributed by atoms with van der Waals surface area (Å²) in [6, 6.07) is 0. The van der Waals surface area contributed by atoms with Crippen LogP contribution in [0.4, 0.5) is 0 Å². The molecule has 0 spiro atoms. The van der Waals surface area contributed by atoms with E-state index in [1.807, 2.05) is 0 Å². The third-order valence-corrected chi connectivity index (χ3v) is 3.15. The zero-order chi connectivity index (χ0) is 11.3. The van der Waals surface area contributed by atoms with Gasteiger partial charge in [0.1, 0.15) is 0 Å². The van der Waals surface area contributed by atoms with Crippen LogP contribution in [0.15, 0.2) is 5.11 Å². The van der Waals surface area contributed by atoms with Crippen LogP contribution in [-0.2, 0) is 4.79 Å². The minimum atomic E-state index is 0.102. The Morgan fingerprint density at radius 3 is 2.93 bits per heavy atom. The van der Waals surface area contributed by atoms with Gasteiger partial charge in [0.25, 0.3) is 0 Å². The van der Waals surface area contributed by atoms with Gasteiger partial charge in [0.2, 0.25) is 5.91 Å². The summed E-state index contributed by atoms with van der Waals surface area (Å²) >= 11 is 0. The van der Waals surface area contributed by atoms with Gasteiger partial charge in [0.15, 0.2) is 0 Å². The van der Waals surface area contributed by atoms with Crippen molar-refractivity contribution in [3.63, 3.8) is 0 Å². The van der Waals surface area contributed by atoms with Crippen LogP contribution < -0.4 is 5.32 Å². The first kappa shape index (κ1) is 11.9. The summed E-state index contributed by atoms with van der Waals surface area (Å²) in [7, 11) is 0. The minimum absolute atomic E-state index is 0.102. The fourth-order valence-electron chi connectivity index (χ4n) is 2.21. The first-order chi connectivity index (χ1) is 7.08. The summed E-state index contributed by atoms with van der Waals surface area (Å²) in [5.41, 5.74) is 8.19. The lowest BCUT2D eigenvalue weighted by molar-refractivity contribution is -0.127. The van der Waals surface area contributed by atoms with Crippen LogP contribution in [-0.4, -0.2) is 19.0 Å². The molecule has 5 nitrogen and oxygen atoms in total. The van der Waals surface area contributed by atoms with Gasteiger partial charge in [-0.1, -0.05) is 25.4 Å². The highest BCUT2D eigenvalue weighted by Gasteiger charge is 2.38. The highest BCUT2D eigenvalue weighted by molar-refractivity contribution is 5.79. The molecule has 1 atom stereocenters. The van der Waals surface area contributed by atoms with Crippen molar-refractivity contribution in [2.75, 3.05) is 13.1 Å². The molecule has 0 radical (unpaired) electrons. The van der Waals surface area contributed by atoms with Crippen LogP contribution in [0.3, 0.4) is 0 Å². The molecule has 15 heavy (non-hydrogen) atoms. The van der Waals surface area contributed by atoms with Crippen LogP contribution in [0.5, 0.6) is 0 Å². The van der Waals surface area contributed by atoms with E-state index in [0.717, 1.165) is 19.3 Å². The summed E-state index contributed by atoms with van der Waals surface area (Å²) < 4.78 is 0. The van der Waals surface area contributed by atoms with E-state index in [-0.39, 0.29) is 17.2 Å². The summed E-state index contributed by atoms with van der Waals surface area (Å²) in [6.45, 7) is 5.04. The molecule has 0 heterocycles. The number of nitrogens with one attached hydrogen (secondary N) is 1. The van der Waals surface area contributed by atoms with Gasteiger partial charge >= 0.3 is 0 Å². The number of carbonyl (C=O) groups is 1. The summed E-state index contributed by atoms with van der Waals surface area (Å²) in [5.74, 6) is 0.217. The molecule has 0 aromatic rings. The van der Waals surface area contributed by atoms with E-state index in [1.165, 1.54) is 0 Å². The zero-order valence-electron chi connectivity index (χ0n) is 9.36. The molecule has 5 heteroatoms. The Morgan fingerprint density at radius 2 is 2.40 bits per heavy atom. The summed E-state index contributed by atoms with van der Waals surface area (Å²) in [5, 5.41) is 6.18. The Hall–Kier alpha value is -1.22. The van der Waals surface area contributed by atoms with Crippen LogP contribution in [0.2, 0.25) is 0 Å². The Labute approximate surface area is 89.9 Å². The molecular formula is C10H18N4O. The summed E-state index contributed by atoms with van der Waals surface area (Å²) in [4.78, 5) is 14.4. The van der Waals surface area contributed by atoms with Crippen molar-refractivity contribution in [3.8, 4) is 0 Å². The Bertz CT molecular complexity index is 281.